The summed E-state index contributed by atoms with van der Waals surface area (Å²) >= 11 is 0. The van der Waals surface area contributed by atoms with Gasteiger partial charge in [0, 0.05) is 0 Å². The molecule has 1 saturated heterocycles. The average molecular weight is 285 g/mol. The van der Waals surface area contributed by atoms with Gasteiger partial charge in [-0.3, -0.25) is 0 Å². The minimum Gasteiger partial charge on any atom is -0.387 e. The Labute approximate surface area is 115 Å². The molecule has 2 rings (SSSR count). The largest absolute Gasteiger partial charge is 0.387 e. The van der Waals surface area contributed by atoms with E-state index in [-0.39, 0.29) is 17.9 Å². The number of sulfone groups is 1. The zero-order valence-electron chi connectivity index (χ0n) is 11.6. The number of hydrogen-bond donors (Lipinski definition) is 1. The predicted molar refractivity (Wildman–Crippen MR) is 73.1 cm³/mol. The molecule has 1 N–H and O–H groups in total. The van der Waals surface area contributed by atoms with Crippen LogP contribution in [-0.2, 0) is 9.84 Å². The molecule has 4 nitrogen and oxygen atoms in total. The van der Waals surface area contributed by atoms with Gasteiger partial charge in [0.25, 0.3) is 0 Å². The van der Waals surface area contributed by atoms with Gasteiger partial charge in [-0.25, -0.2) is 8.42 Å². The Morgan fingerprint density at radius 2 is 1.95 bits per heavy atom. The van der Waals surface area contributed by atoms with Crippen molar-refractivity contribution < 1.29 is 13.5 Å². The van der Waals surface area contributed by atoms with Crippen molar-refractivity contribution in [1.82, 2.24) is 0 Å². The van der Waals surface area contributed by atoms with Gasteiger partial charge in [0.05, 0.1) is 28.6 Å². The normalized spacial score (nSPS) is 41.8. The SMILES string of the molecule is CCCC1CCC(C#N)(C2(O)CCS(=O)(=O)C2)CC1. The number of nitrogens with zero attached hydrogens (tertiary/aromatic N) is 1. The van der Waals surface area contributed by atoms with Crippen LogP contribution in [0.1, 0.15) is 51.9 Å². The highest BCUT2D eigenvalue weighted by Gasteiger charge is 2.57. The summed E-state index contributed by atoms with van der Waals surface area (Å²) in [6, 6.07) is 2.29. The fourth-order valence-electron chi connectivity index (χ4n) is 3.76. The first kappa shape index (κ1) is 14.8. The quantitative estimate of drug-likeness (QED) is 0.860. The second kappa shape index (κ2) is 5.06. The molecule has 0 spiro atoms. The summed E-state index contributed by atoms with van der Waals surface area (Å²) in [4.78, 5) is 0. The summed E-state index contributed by atoms with van der Waals surface area (Å²) in [6.07, 6.45) is 5.68. The fraction of sp³-hybridized carbons (Fsp3) is 0.929. The van der Waals surface area contributed by atoms with Gasteiger partial charge in [0.15, 0.2) is 9.84 Å². The lowest BCUT2D eigenvalue weighted by molar-refractivity contribution is -0.0579. The first-order chi connectivity index (χ1) is 8.86. The van der Waals surface area contributed by atoms with Gasteiger partial charge >= 0.3 is 0 Å². The van der Waals surface area contributed by atoms with Gasteiger partial charge < -0.3 is 5.11 Å². The lowest BCUT2D eigenvalue weighted by Gasteiger charge is -2.44. The van der Waals surface area contributed by atoms with Crippen LogP contribution >= 0.6 is 0 Å². The van der Waals surface area contributed by atoms with E-state index >= 15 is 0 Å². The lowest BCUT2D eigenvalue weighted by Crippen LogP contribution is -2.50. The van der Waals surface area contributed by atoms with E-state index in [0.29, 0.717) is 18.8 Å². The van der Waals surface area contributed by atoms with Gasteiger partial charge in [0.2, 0.25) is 0 Å². The van der Waals surface area contributed by atoms with Crippen molar-refractivity contribution in [2.45, 2.75) is 57.5 Å². The minimum atomic E-state index is -3.18. The molecule has 0 bridgehead atoms. The molecule has 19 heavy (non-hydrogen) atoms. The van der Waals surface area contributed by atoms with Crippen LogP contribution in [0, 0.1) is 22.7 Å². The molecule has 5 heteroatoms. The van der Waals surface area contributed by atoms with E-state index in [9.17, 15) is 18.8 Å². The van der Waals surface area contributed by atoms with Crippen molar-refractivity contribution in [3.8, 4) is 6.07 Å². The molecule has 108 valence electrons. The van der Waals surface area contributed by atoms with E-state index in [4.69, 9.17) is 0 Å². The average Bonchev–Trinajstić information content (AvgIpc) is 2.66. The van der Waals surface area contributed by atoms with E-state index in [1.54, 1.807) is 0 Å². The molecule has 2 aliphatic rings. The summed E-state index contributed by atoms with van der Waals surface area (Å²) in [5, 5.41) is 20.3. The molecule has 0 amide bonds. The Bertz CT molecular complexity index is 471. The smallest absolute Gasteiger partial charge is 0.153 e. The van der Waals surface area contributed by atoms with Crippen LogP contribution in [0.5, 0.6) is 0 Å². The zero-order valence-corrected chi connectivity index (χ0v) is 12.4. The number of aliphatic hydroxyl groups is 1. The highest BCUT2D eigenvalue weighted by Crippen LogP contribution is 2.50. The summed E-state index contributed by atoms with van der Waals surface area (Å²) in [7, 11) is -3.18. The van der Waals surface area contributed by atoms with Crippen LogP contribution < -0.4 is 0 Å². The molecule has 1 saturated carbocycles. The third-order valence-electron chi connectivity index (χ3n) is 5.05. The van der Waals surface area contributed by atoms with Crippen LogP contribution in [-0.4, -0.2) is 30.6 Å². The molecule has 1 atom stereocenters. The van der Waals surface area contributed by atoms with E-state index in [2.05, 4.69) is 13.0 Å². The second-order valence-corrected chi connectivity index (χ2v) is 8.48. The van der Waals surface area contributed by atoms with Crippen molar-refractivity contribution >= 4 is 9.84 Å². The Kier molecular flexibility index (Phi) is 3.95. The van der Waals surface area contributed by atoms with Gasteiger partial charge in [0.1, 0.15) is 0 Å². The van der Waals surface area contributed by atoms with Gasteiger partial charge in [-0.1, -0.05) is 19.8 Å². The van der Waals surface area contributed by atoms with Gasteiger partial charge in [-0.05, 0) is 38.0 Å². The molecule has 0 aromatic rings. The standard InChI is InChI=1S/C14H23NO3S/c1-2-3-12-4-6-13(10-15,7-5-12)14(16)8-9-19(17,18)11-14/h12,16H,2-9,11H2,1H3. The van der Waals surface area contributed by atoms with Crippen LogP contribution in [0.2, 0.25) is 0 Å². The van der Waals surface area contributed by atoms with E-state index in [0.717, 1.165) is 25.7 Å². The maximum atomic E-state index is 11.6. The van der Waals surface area contributed by atoms with Crippen molar-refractivity contribution in [3.05, 3.63) is 0 Å². The van der Waals surface area contributed by atoms with Crippen LogP contribution in [0.25, 0.3) is 0 Å². The molecule has 1 aliphatic carbocycles. The monoisotopic (exact) mass is 285 g/mol. The highest BCUT2D eigenvalue weighted by atomic mass is 32.2. The molecular weight excluding hydrogens is 262 g/mol. The Morgan fingerprint density at radius 1 is 1.32 bits per heavy atom. The molecule has 0 aromatic heterocycles. The number of rotatable bonds is 3. The van der Waals surface area contributed by atoms with Crippen LogP contribution in [0.4, 0.5) is 0 Å². The molecule has 1 aliphatic heterocycles. The Morgan fingerprint density at radius 3 is 2.37 bits per heavy atom. The lowest BCUT2D eigenvalue weighted by atomic mass is 9.61. The van der Waals surface area contributed by atoms with Crippen molar-refractivity contribution in [3.63, 3.8) is 0 Å². The maximum absolute atomic E-state index is 11.6. The number of hydrogen-bond acceptors (Lipinski definition) is 4. The number of nitriles is 1. The first-order valence-electron chi connectivity index (χ1n) is 7.20. The van der Waals surface area contributed by atoms with E-state index < -0.39 is 20.9 Å². The third-order valence-corrected chi connectivity index (χ3v) is 6.79. The summed E-state index contributed by atoms with van der Waals surface area (Å²) < 4.78 is 23.3. The van der Waals surface area contributed by atoms with Crippen LogP contribution in [0.15, 0.2) is 0 Å². The fourth-order valence-corrected chi connectivity index (χ4v) is 5.70. The molecule has 0 aromatic carbocycles. The Hall–Kier alpha value is -0.600. The van der Waals surface area contributed by atoms with Crippen LogP contribution in [0.3, 0.4) is 0 Å². The van der Waals surface area contributed by atoms with E-state index in [1.807, 2.05) is 0 Å². The third kappa shape index (κ3) is 2.66. The van der Waals surface area contributed by atoms with Crippen molar-refractivity contribution in [2.24, 2.45) is 11.3 Å². The first-order valence-corrected chi connectivity index (χ1v) is 9.03. The van der Waals surface area contributed by atoms with Crippen molar-refractivity contribution in [1.29, 1.82) is 5.26 Å². The minimum absolute atomic E-state index is 0.0192. The van der Waals surface area contributed by atoms with E-state index in [1.165, 1.54) is 0 Å². The molecule has 1 unspecified atom stereocenters. The van der Waals surface area contributed by atoms with Gasteiger partial charge in [-0.2, -0.15) is 5.26 Å². The highest BCUT2D eigenvalue weighted by molar-refractivity contribution is 7.91. The molecule has 0 radical (unpaired) electrons. The summed E-state index contributed by atoms with van der Waals surface area (Å²) in [5.41, 5.74) is -2.17. The van der Waals surface area contributed by atoms with Gasteiger partial charge in [-0.15, -0.1) is 0 Å². The topological polar surface area (TPSA) is 78.2 Å². The van der Waals surface area contributed by atoms with Crippen molar-refractivity contribution in [2.75, 3.05) is 11.5 Å². The molecular formula is C14H23NO3S. The maximum Gasteiger partial charge on any atom is 0.153 e. The Balaban J connectivity index is 2.15. The summed E-state index contributed by atoms with van der Waals surface area (Å²) in [5.74, 6) is 0.421. The second-order valence-electron chi connectivity index (χ2n) is 6.30. The molecule has 2 fully saturated rings. The predicted octanol–water partition coefficient (Wildman–Crippen LogP) is 2.04. The zero-order chi connectivity index (χ0) is 14.1. The summed E-state index contributed by atoms with van der Waals surface area (Å²) in [6.45, 7) is 2.16. The molecule has 1 heterocycles.